The molecule has 1 unspecified atom stereocenters. The molecule has 1 aromatic rings. The van der Waals surface area contributed by atoms with Gasteiger partial charge in [-0.2, -0.15) is 0 Å². The smallest absolute Gasteiger partial charge is 0.243 e. The van der Waals surface area contributed by atoms with E-state index in [1.165, 1.54) is 18.3 Å². The molecule has 0 radical (unpaired) electrons. The molecule has 8 heteroatoms. The van der Waals surface area contributed by atoms with E-state index in [4.69, 9.17) is 11.6 Å². The van der Waals surface area contributed by atoms with Gasteiger partial charge in [0, 0.05) is 25.2 Å². The van der Waals surface area contributed by atoms with Crippen LogP contribution in [0.5, 0.6) is 0 Å². The van der Waals surface area contributed by atoms with E-state index in [9.17, 15) is 13.2 Å². The quantitative estimate of drug-likeness (QED) is 0.780. The van der Waals surface area contributed by atoms with Gasteiger partial charge in [0.25, 0.3) is 0 Å². The van der Waals surface area contributed by atoms with Gasteiger partial charge in [-0.05, 0) is 18.6 Å². The zero-order chi connectivity index (χ0) is 13.2. The van der Waals surface area contributed by atoms with Gasteiger partial charge >= 0.3 is 0 Å². The van der Waals surface area contributed by atoms with Crippen molar-refractivity contribution in [2.24, 2.45) is 0 Å². The number of hydrogen-bond acceptors (Lipinski definition) is 4. The Balaban J connectivity index is 2.04. The van der Waals surface area contributed by atoms with Gasteiger partial charge in [0.1, 0.15) is 10.0 Å². The lowest BCUT2D eigenvalue weighted by atomic mass is 10.2. The Kier molecular flexibility index (Phi) is 3.84. The molecule has 0 aromatic carbocycles. The molecule has 0 aliphatic carbocycles. The van der Waals surface area contributed by atoms with Crippen LogP contribution in [0.2, 0.25) is 5.15 Å². The molecule has 1 atom stereocenters. The molecule has 0 bridgehead atoms. The van der Waals surface area contributed by atoms with E-state index in [0.717, 1.165) is 0 Å². The molecule has 18 heavy (non-hydrogen) atoms. The summed E-state index contributed by atoms with van der Waals surface area (Å²) in [4.78, 5) is 14.6. The van der Waals surface area contributed by atoms with Crippen LogP contribution in [0, 0.1) is 0 Å². The van der Waals surface area contributed by atoms with E-state index < -0.39 is 10.0 Å². The number of carbonyl (C=O) groups is 1. The largest absolute Gasteiger partial charge is 0.352 e. The number of pyridine rings is 1. The second kappa shape index (κ2) is 5.21. The first kappa shape index (κ1) is 13.3. The summed E-state index contributed by atoms with van der Waals surface area (Å²) in [5, 5.41) is 2.61. The molecule has 1 fully saturated rings. The second-order valence-corrected chi connectivity index (χ2v) is 6.04. The summed E-state index contributed by atoms with van der Waals surface area (Å²) in [6.07, 6.45) is 2.47. The Hall–Kier alpha value is -1.18. The van der Waals surface area contributed by atoms with E-state index in [2.05, 4.69) is 15.0 Å². The van der Waals surface area contributed by atoms with E-state index in [-0.39, 0.29) is 28.5 Å². The molecule has 1 saturated heterocycles. The average molecular weight is 290 g/mol. The Morgan fingerprint density at radius 3 is 2.94 bits per heavy atom. The maximum absolute atomic E-state index is 11.9. The number of nitrogens with one attached hydrogen (secondary N) is 2. The Labute approximate surface area is 110 Å². The van der Waals surface area contributed by atoms with E-state index in [1.54, 1.807) is 0 Å². The lowest BCUT2D eigenvalue weighted by Crippen LogP contribution is -2.38. The van der Waals surface area contributed by atoms with Crippen LogP contribution in [-0.2, 0) is 14.8 Å². The molecular weight excluding hydrogens is 278 g/mol. The van der Waals surface area contributed by atoms with Crippen molar-refractivity contribution in [3.8, 4) is 0 Å². The molecule has 1 aliphatic rings. The normalized spacial score (nSPS) is 19.8. The van der Waals surface area contributed by atoms with Crippen LogP contribution in [0.15, 0.2) is 23.2 Å². The SMILES string of the molecule is O=C1CCC(CNS(=O)(=O)c2cccnc2Cl)N1. The minimum Gasteiger partial charge on any atom is -0.352 e. The minimum absolute atomic E-state index is 0.0568. The summed E-state index contributed by atoms with van der Waals surface area (Å²) in [7, 11) is -3.69. The van der Waals surface area contributed by atoms with Gasteiger partial charge < -0.3 is 5.32 Å². The fourth-order valence-corrected chi connectivity index (χ4v) is 3.22. The number of hydrogen-bond donors (Lipinski definition) is 2. The number of amides is 1. The summed E-state index contributed by atoms with van der Waals surface area (Å²) in [5.74, 6) is -0.0568. The summed E-state index contributed by atoms with van der Waals surface area (Å²) in [6.45, 7) is 0.152. The molecule has 0 spiro atoms. The number of carbonyl (C=O) groups excluding carboxylic acids is 1. The van der Waals surface area contributed by atoms with Gasteiger partial charge in [-0.15, -0.1) is 0 Å². The average Bonchev–Trinajstić information content (AvgIpc) is 2.73. The number of aromatic nitrogens is 1. The zero-order valence-corrected chi connectivity index (χ0v) is 11.0. The first-order valence-electron chi connectivity index (χ1n) is 5.38. The van der Waals surface area contributed by atoms with Crippen LogP contribution in [-0.4, -0.2) is 31.9 Å². The fraction of sp³-hybridized carbons (Fsp3) is 0.400. The highest BCUT2D eigenvalue weighted by molar-refractivity contribution is 7.89. The maximum atomic E-state index is 11.9. The van der Waals surface area contributed by atoms with Crippen molar-refractivity contribution in [3.63, 3.8) is 0 Å². The Bertz CT molecular complexity index is 561. The summed E-state index contributed by atoms with van der Waals surface area (Å²) >= 11 is 5.73. The molecule has 1 amide bonds. The third-order valence-corrected chi connectivity index (χ3v) is 4.49. The number of nitrogens with zero attached hydrogens (tertiary/aromatic N) is 1. The van der Waals surface area contributed by atoms with Crippen LogP contribution >= 0.6 is 11.6 Å². The summed E-state index contributed by atoms with van der Waals surface area (Å²) in [6, 6.07) is 2.71. The van der Waals surface area contributed by atoms with Gasteiger partial charge in [-0.1, -0.05) is 11.6 Å². The Morgan fingerprint density at radius 1 is 1.56 bits per heavy atom. The molecular formula is C10H12ClN3O3S. The van der Waals surface area contributed by atoms with Crippen molar-refractivity contribution < 1.29 is 13.2 Å². The maximum Gasteiger partial charge on any atom is 0.243 e. The number of rotatable bonds is 4. The molecule has 0 saturated carbocycles. The molecule has 1 aromatic heterocycles. The summed E-state index contributed by atoms with van der Waals surface area (Å²) in [5.41, 5.74) is 0. The van der Waals surface area contributed by atoms with Crippen molar-refractivity contribution in [2.75, 3.05) is 6.54 Å². The highest BCUT2D eigenvalue weighted by Crippen LogP contribution is 2.17. The molecule has 2 rings (SSSR count). The van der Waals surface area contributed by atoms with Gasteiger partial charge in [0.2, 0.25) is 15.9 Å². The lowest BCUT2D eigenvalue weighted by molar-refractivity contribution is -0.119. The molecule has 98 valence electrons. The van der Waals surface area contributed by atoms with Crippen LogP contribution in [0.3, 0.4) is 0 Å². The monoisotopic (exact) mass is 289 g/mol. The van der Waals surface area contributed by atoms with Crippen LogP contribution in [0.25, 0.3) is 0 Å². The van der Waals surface area contributed by atoms with Crippen molar-refractivity contribution >= 4 is 27.5 Å². The number of sulfonamides is 1. The molecule has 2 heterocycles. The second-order valence-electron chi connectivity index (χ2n) is 3.95. The number of halogens is 1. The van der Waals surface area contributed by atoms with Crippen LogP contribution in [0.4, 0.5) is 0 Å². The first-order chi connectivity index (χ1) is 8.49. The third-order valence-electron chi connectivity index (χ3n) is 2.62. The standard InChI is InChI=1S/C10H12ClN3O3S/c11-10-8(2-1-5-12-10)18(16,17)13-6-7-3-4-9(15)14-7/h1-2,5,7,13H,3-4,6H2,(H,14,15). The third kappa shape index (κ3) is 2.98. The van der Waals surface area contributed by atoms with E-state index in [1.807, 2.05) is 0 Å². The summed E-state index contributed by atoms with van der Waals surface area (Å²) < 4.78 is 26.3. The van der Waals surface area contributed by atoms with Gasteiger partial charge in [0.05, 0.1) is 0 Å². The fourth-order valence-electron chi connectivity index (χ4n) is 1.69. The molecule has 2 N–H and O–H groups in total. The predicted octanol–water partition coefficient (Wildman–Crippen LogP) is 0.292. The predicted molar refractivity (Wildman–Crippen MR) is 65.6 cm³/mol. The van der Waals surface area contributed by atoms with Gasteiger partial charge in [-0.25, -0.2) is 18.1 Å². The van der Waals surface area contributed by atoms with E-state index >= 15 is 0 Å². The highest BCUT2D eigenvalue weighted by Gasteiger charge is 2.24. The van der Waals surface area contributed by atoms with Crippen molar-refractivity contribution in [1.29, 1.82) is 0 Å². The molecule has 6 nitrogen and oxygen atoms in total. The van der Waals surface area contributed by atoms with Gasteiger partial charge in [-0.3, -0.25) is 4.79 Å². The van der Waals surface area contributed by atoms with Gasteiger partial charge in [0.15, 0.2) is 0 Å². The van der Waals surface area contributed by atoms with Crippen molar-refractivity contribution in [1.82, 2.24) is 15.0 Å². The van der Waals surface area contributed by atoms with Crippen LogP contribution in [0.1, 0.15) is 12.8 Å². The van der Waals surface area contributed by atoms with E-state index in [0.29, 0.717) is 12.8 Å². The first-order valence-corrected chi connectivity index (χ1v) is 7.25. The van der Waals surface area contributed by atoms with Crippen molar-refractivity contribution in [3.05, 3.63) is 23.5 Å². The Morgan fingerprint density at radius 2 is 2.33 bits per heavy atom. The van der Waals surface area contributed by atoms with Crippen molar-refractivity contribution in [2.45, 2.75) is 23.8 Å². The lowest BCUT2D eigenvalue weighted by Gasteiger charge is -2.12. The topological polar surface area (TPSA) is 88.2 Å². The molecule has 1 aliphatic heterocycles. The highest BCUT2D eigenvalue weighted by atomic mass is 35.5. The zero-order valence-electron chi connectivity index (χ0n) is 9.39. The minimum atomic E-state index is -3.69. The van der Waals surface area contributed by atoms with Crippen LogP contribution < -0.4 is 10.0 Å².